The summed E-state index contributed by atoms with van der Waals surface area (Å²) in [5.74, 6) is 1.14. The Morgan fingerprint density at radius 1 is 1.48 bits per heavy atom. The second-order valence-electron chi connectivity index (χ2n) is 5.07. The molecule has 0 unspecified atom stereocenters. The van der Waals surface area contributed by atoms with Gasteiger partial charge in [0, 0.05) is 24.7 Å². The number of carbonyl (C=O) groups is 1. The van der Waals surface area contributed by atoms with Gasteiger partial charge in [-0.2, -0.15) is 5.10 Å². The summed E-state index contributed by atoms with van der Waals surface area (Å²) in [6.07, 6.45) is 11.7. The summed E-state index contributed by atoms with van der Waals surface area (Å²) in [6.45, 7) is 0.443. The lowest BCUT2D eigenvalue weighted by atomic mass is 10.1. The van der Waals surface area contributed by atoms with Gasteiger partial charge in [0.15, 0.2) is 5.82 Å². The van der Waals surface area contributed by atoms with E-state index in [1.54, 1.807) is 17.2 Å². The van der Waals surface area contributed by atoms with Crippen LogP contribution in [0, 0.1) is 5.92 Å². The van der Waals surface area contributed by atoms with Gasteiger partial charge < -0.3 is 5.32 Å². The Morgan fingerprint density at radius 3 is 3.19 bits per heavy atom. The fraction of sp³-hybridized carbons (Fsp3) is 0.333. The van der Waals surface area contributed by atoms with Crippen molar-refractivity contribution in [3.8, 4) is 5.82 Å². The maximum Gasteiger partial charge on any atom is 0.220 e. The van der Waals surface area contributed by atoms with Crippen molar-refractivity contribution >= 4 is 5.91 Å². The molecule has 108 valence electrons. The minimum absolute atomic E-state index is 0.0694. The van der Waals surface area contributed by atoms with Crippen molar-refractivity contribution in [3.63, 3.8) is 0 Å². The second-order valence-corrected chi connectivity index (χ2v) is 5.07. The van der Waals surface area contributed by atoms with Crippen LogP contribution < -0.4 is 5.32 Å². The van der Waals surface area contributed by atoms with Crippen molar-refractivity contribution in [1.82, 2.24) is 25.1 Å². The Labute approximate surface area is 122 Å². The molecule has 0 saturated heterocycles. The normalized spacial score (nSPS) is 17.0. The Morgan fingerprint density at radius 2 is 2.43 bits per heavy atom. The van der Waals surface area contributed by atoms with Crippen molar-refractivity contribution in [2.45, 2.75) is 25.8 Å². The summed E-state index contributed by atoms with van der Waals surface area (Å²) in [6, 6.07) is 3.78. The number of allylic oxidation sites excluding steroid dienone is 2. The molecule has 0 aromatic carbocycles. The van der Waals surface area contributed by atoms with Crippen LogP contribution in [0.5, 0.6) is 0 Å². The maximum atomic E-state index is 12.0. The smallest absolute Gasteiger partial charge is 0.220 e. The van der Waals surface area contributed by atoms with Gasteiger partial charge in [-0.1, -0.05) is 18.2 Å². The molecule has 1 atom stereocenters. The Hall–Kier alpha value is -2.50. The molecule has 6 heteroatoms. The highest BCUT2D eigenvalue weighted by molar-refractivity contribution is 5.76. The predicted molar refractivity (Wildman–Crippen MR) is 77.5 cm³/mol. The molecule has 0 saturated carbocycles. The van der Waals surface area contributed by atoms with Gasteiger partial charge in [0.05, 0.1) is 0 Å². The van der Waals surface area contributed by atoms with Gasteiger partial charge in [0.1, 0.15) is 12.7 Å². The second kappa shape index (κ2) is 6.30. The average molecular weight is 283 g/mol. The molecule has 0 aliphatic heterocycles. The van der Waals surface area contributed by atoms with E-state index in [0.29, 0.717) is 24.7 Å². The number of aromatic nitrogens is 4. The molecule has 1 aliphatic rings. The topological polar surface area (TPSA) is 72.7 Å². The third-order valence-electron chi connectivity index (χ3n) is 3.54. The molecule has 2 aromatic heterocycles. The number of rotatable bonds is 5. The molecule has 0 bridgehead atoms. The molecule has 1 N–H and O–H groups in total. The van der Waals surface area contributed by atoms with E-state index >= 15 is 0 Å². The van der Waals surface area contributed by atoms with Crippen molar-refractivity contribution in [2.75, 3.05) is 0 Å². The van der Waals surface area contributed by atoms with E-state index in [1.807, 2.05) is 12.1 Å². The zero-order valence-corrected chi connectivity index (χ0v) is 11.6. The highest BCUT2D eigenvalue weighted by Gasteiger charge is 2.14. The third-order valence-corrected chi connectivity index (χ3v) is 3.54. The van der Waals surface area contributed by atoms with Gasteiger partial charge >= 0.3 is 0 Å². The molecule has 2 heterocycles. The molecule has 0 radical (unpaired) electrons. The summed E-state index contributed by atoms with van der Waals surface area (Å²) in [5.41, 5.74) is 0.915. The molecule has 6 nitrogen and oxygen atoms in total. The lowest BCUT2D eigenvalue weighted by molar-refractivity contribution is -0.121. The molecule has 2 aromatic rings. The highest BCUT2D eigenvalue weighted by Crippen LogP contribution is 2.20. The van der Waals surface area contributed by atoms with E-state index in [-0.39, 0.29) is 5.91 Å². The highest BCUT2D eigenvalue weighted by atomic mass is 16.1. The van der Waals surface area contributed by atoms with Crippen LogP contribution >= 0.6 is 0 Å². The van der Waals surface area contributed by atoms with Crippen LogP contribution in [0.1, 0.15) is 24.8 Å². The quantitative estimate of drug-likeness (QED) is 0.847. The molecular weight excluding hydrogens is 266 g/mol. The van der Waals surface area contributed by atoms with Crippen molar-refractivity contribution < 1.29 is 4.79 Å². The fourth-order valence-corrected chi connectivity index (χ4v) is 2.46. The third kappa shape index (κ3) is 3.34. The van der Waals surface area contributed by atoms with E-state index < -0.39 is 0 Å². The number of hydrogen-bond donors (Lipinski definition) is 1. The van der Waals surface area contributed by atoms with Crippen LogP contribution in [0.3, 0.4) is 0 Å². The van der Waals surface area contributed by atoms with Gasteiger partial charge in [0.25, 0.3) is 0 Å². The summed E-state index contributed by atoms with van der Waals surface area (Å²) in [4.78, 5) is 20.2. The van der Waals surface area contributed by atoms with Crippen LogP contribution in [0.4, 0.5) is 0 Å². The van der Waals surface area contributed by atoms with E-state index in [4.69, 9.17) is 0 Å². The summed E-state index contributed by atoms with van der Waals surface area (Å²) < 4.78 is 1.60. The van der Waals surface area contributed by atoms with Crippen LogP contribution in [0.2, 0.25) is 0 Å². The number of pyridine rings is 1. The Balaban J connectivity index is 1.62. The molecule has 21 heavy (non-hydrogen) atoms. The van der Waals surface area contributed by atoms with Crippen molar-refractivity contribution in [3.05, 3.63) is 48.7 Å². The monoisotopic (exact) mass is 283 g/mol. The number of nitrogens with one attached hydrogen (secondary N) is 1. The first-order valence-electron chi connectivity index (χ1n) is 7.05. The minimum Gasteiger partial charge on any atom is -0.352 e. The molecule has 0 fully saturated rings. The number of amides is 1. The predicted octanol–water partition coefficient (Wildman–Crippen LogP) is 1.63. The van der Waals surface area contributed by atoms with Crippen molar-refractivity contribution in [2.24, 2.45) is 5.92 Å². The fourth-order valence-electron chi connectivity index (χ4n) is 2.46. The molecule has 1 aliphatic carbocycles. The van der Waals surface area contributed by atoms with Crippen LogP contribution in [0.25, 0.3) is 5.82 Å². The largest absolute Gasteiger partial charge is 0.352 e. The first-order chi connectivity index (χ1) is 10.3. The van der Waals surface area contributed by atoms with Crippen LogP contribution in [0.15, 0.2) is 43.1 Å². The van der Waals surface area contributed by atoms with E-state index in [2.05, 4.69) is 32.5 Å². The lowest BCUT2D eigenvalue weighted by Crippen LogP contribution is -2.25. The zero-order valence-electron chi connectivity index (χ0n) is 11.6. The number of hydrogen-bond acceptors (Lipinski definition) is 4. The standard InChI is InChI=1S/C15H17N5O/c21-14(8-12-4-1-2-5-12)18-9-13-6-3-7-17-15(13)20-11-16-10-19-20/h1,3-4,6-7,10-12H,2,5,8-9H2,(H,18,21)/t12-/m1/s1. The van der Waals surface area contributed by atoms with Gasteiger partial charge in [-0.3, -0.25) is 4.79 Å². The lowest BCUT2D eigenvalue weighted by Gasteiger charge is -2.11. The van der Waals surface area contributed by atoms with E-state index in [9.17, 15) is 4.79 Å². The van der Waals surface area contributed by atoms with Gasteiger partial charge in [-0.15, -0.1) is 0 Å². The van der Waals surface area contributed by atoms with Crippen LogP contribution in [-0.4, -0.2) is 25.7 Å². The zero-order chi connectivity index (χ0) is 14.5. The van der Waals surface area contributed by atoms with Crippen molar-refractivity contribution in [1.29, 1.82) is 0 Å². The summed E-state index contributed by atoms with van der Waals surface area (Å²) in [7, 11) is 0. The van der Waals surface area contributed by atoms with Gasteiger partial charge in [-0.05, 0) is 24.8 Å². The molecule has 1 amide bonds. The van der Waals surface area contributed by atoms with E-state index in [1.165, 1.54) is 6.33 Å². The average Bonchev–Trinajstić information content (AvgIpc) is 3.18. The number of nitrogens with zero attached hydrogens (tertiary/aromatic N) is 4. The van der Waals surface area contributed by atoms with Crippen LogP contribution in [-0.2, 0) is 11.3 Å². The molecular formula is C15H17N5O. The molecule has 0 spiro atoms. The first kappa shape index (κ1) is 13.5. The Bertz CT molecular complexity index is 635. The summed E-state index contributed by atoms with van der Waals surface area (Å²) in [5, 5.41) is 7.03. The Kier molecular flexibility index (Phi) is 4.04. The summed E-state index contributed by atoms with van der Waals surface area (Å²) >= 11 is 0. The first-order valence-corrected chi connectivity index (χ1v) is 7.05. The number of carbonyl (C=O) groups excluding carboxylic acids is 1. The SMILES string of the molecule is O=C(C[C@@H]1C=CCC1)NCc1cccnc1-n1cncn1. The molecule has 3 rings (SSSR count). The van der Waals surface area contributed by atoms with Gasteiger partial charge in [0.2, 0.25) is 5.91 Å². The van der Waals surface area contributed by atoms with E-state index in [0.717, 1.165) is 18.4 Å². The maximum absolute atomic E-state index is 12.0. The van der Waals surface area contributed by atoms with Gasteiger partial charge in [-0.25, -0.2) is 14.6 Å². The minimum atomic E-state index is 0.0694.